The van der Waals surface area contributed by atoms with E-state index in [1.54, 1.807) is 18.3 Å². The van der Waals surface area contributed by atoms with Crippen molar-refractivity contribution in [1.82, 2.24) is 0 Å². The fourth-order valence-electron chi connectivity index (χ4n) is 1.20. The van der Waals surface area contributed by atoms with Crippen molar-refractivity contribution in [1.29, 1.82) is 0 Å². The van der Waals surface area contributed by atoms with Crippen LogP contribution < -0.4 is 4.74 Å². The maximum absolute atomic E-state index is 10.7. The molecule has 0 radical (unpaired) electrons. The number of benzene rings is 1. The first-order valence-electron chi connectivity index (χ1n) is 3.80. The normalized spacial score (nSPS) is 12.3. The van der Waals surface area contributed by atoms with Crippen molar-refractivity contribution in [2.45, 2.75) is 0 Å². The van der Waals surface area contributed by atoms with Gasteiger partial charge in [0.25, 0.3) is 0 Å². The molecule has 0 saturated carbocycles. The highest BCUT2D eigenvalue weighted by atomic mass is 35.5. The Balaban J connectivity index is 0.000000980. The van der Waals surface area contributed by atoms with Gasteiger partial charge in [-0.25, -0.2) is 4.79 Å². The molecule has 5 heteroatoms. The van der Waals surface area contributed by atoms with Crippen LogP contribution in [0.5, 0.6) is 5.75 Å². The van der Waals surface area contributed by atoms with Crippen molar-refractivity contribution in [3.8, 4) is 5.75 Å². The lowest BCUT2D eigenvalue weighted by atomic mass is 10.1. The summed E-state index contributed by atoms with van der Waals surface area (Å²) in [5.74, 6) is -0.457. The Kier molecular flexibility index (Phi) is 3.09. The van der Waals surface area contributed by atoms with E-state index in [-0.39, 0.29) is 18.0 Å². The molecule has 2 rings (SSSR count). The van der Waals surface area contributed by atoms with Gasteiger partial charge in [0.2, 0.25) is 0 Å². The molecule has 0 atom stereocenters. The van der Waals surface area contributed by atoms with Crippen LogP contribution in [0.1, 0.15) is 10.4 Å². The van der Waals surface area contributed by atoms with Gasteiger partial charge in [-0.2, -0.15) is 0 Å². The average molecular weight is 214 g/mol. The largest absolute Gasteiger partial charge is 0.486 e. The van der Waals surface area contributed by atoms with Gasteiger partial charge in [-0.15, -0.1) is 12.4 Å². The fourth-order valence-corrected chi connectivity index (χ4v) is 1.20. The van der Waals surface area contributed by atoms with Crippen molar-refractivity contribution < 1.29 is 14.6 Å². The summed E-state index contributed by atoms with van der Waals surface area (Å²) >= 11 is 0. The Labute approximate surface area is 86.6 Å². The van der Waals surface area contributed by atoms with E-state index in [0.717, 1.165) is 0 Å². The molecular formula is C9H8ClNO3. The van der Waals surface area contributed by atoms with E-state index in [2.05, 4.69) is 4.99 Å². The van der Waals surface area contributed by atoms with E-state index in [9.17, 15) is 4.79 Å². The van der Waals surface area contributed by atoms with Gasteiger partial charge in [0.15, 0.2) is 0 Å². The molecule has 1 aliphatic rings. The van der Waals surface area contributed by atoms with E-state index >= 15 is 0 Å². The summed E-state index contributed by atoms with van der Waals surface area (Å²) in [6, 6.07) is 4.86. The van der Waals surface area contributed by atoms with Crippen LogP contribution in [-0.4, -0.2) is 23.9 Å². The van der Waals surface area contributed by atoms with Crippen molar-refractivity contribution in [3.05, 3.63) is 23.8 Å². The van der Waals surface area contributed by atoms with E-state index in [1.807, 2.05) is 0 Å². The van der Waals surface area contributed by atoms with Crippen LogP contribution in [0.2, 0.25) is 0 Å². The average Bonchev–Trinajstić information content (AvgIpc) is 2.17. The molecule has 0 amide bonds. The van der Waals surface area contributed by atoms with Crippen LogP contribution >= 0.6 is 12.4 Å². The lowest BCUT2D eigenvalue weighted by Crippen LogP contribution is -2.06. The Bertz CT molecular complexity index is 390. The number of para-hydroxylation sites is 1. The summed E-state index contributed by atoms with van der Waals surface area (Å²) in [5.41, 5.74) is 0.578. The molecule has 14 heavy (non-hydrogen) atoms. The minimum Gasteiger partial charge on any atom is -0.486 e. The van der Waals surface area contributed by atoms with Gasteiger partial charge >= 0.3 is 5.97 Å². The topological polar surface area (TPSA) is 58.9 Å². The Morgan fingerprint density at radius 3 is 3.00 bits per heavy atom. The molecule has 74 valence electrons. The molecule has 1 N–H and O–H groups in total. The Morgan fingerprint density at radius 1 is 1.50 bits per heavy atom. The molecule has 1 aromatic carbocycles. The summed E-state index contributed by atoms with van der Waals surface area (Å²) in [6.07, 6.45) is 1.55. The third-order valence-electron chi connectivity index (χ3n) is 1.76. The highest BCUT2D eigenvalue weighted by Crippen LogP contribution is 2.32. The fraction of sp³-hybridized carbons (Fsp3) is 0.111. The zero-order valence-electron chi connectivity index (χ0n) is 7.14. The predicted molar refractivity (Wildman–Crippen MR) is 54.3 cm³/mol. The number of halogens is 1. The number of fused-ring (bicyclic) bond motifs is 1. The van der Waals surface area contributed by atoms with Gasteiger partial charge in [-0.05, 0) is 12.1 Å². The first-order chi connectivity index (χ1) is 6.29. The Hall–Kier alpha value is -1.55. The predicted octanol–water partition coefficient (Wildman–Crippen LogP) is 1.90. The zero-order chi connectivity index (χ0) is 9.26. The van der Waals surface area contributed by atoms with Crippen molar-refractivity contribution in [3.63, 3.8) is 0 Å². The summed E-state index contributed by atoms with van der Waals surface area (Å²) in [6.45, 7) is 0.399. The third-order valence-corrected chi connectivity index (χ3v) is 1.76. The van der Waals surface area contributed by atoms with E-state index in [1.165, 1.54) is 6.07 Å². The van der Waals surface area contributed by atoms with Crippen LogP contribution in [0.25, 0.3) is 0 Å². The molecule has 1 heterocycles. The third kappa shape index (κ3) is 1.70. The number of carbonyl (C=O) groups is 1. The van der Waals surface area contributed by atoms with Gasteiger partial charge in [0.05, 0.1) is 5.56 Å². The number of aromatic carboxylic acids is 1. The number of nitrogens with zero attached hydrogens (tertiary/aromatic N) is 1. The second-order valence-corrected chi connectivity index (χ2v) is 2.58. The Morgan fingerprint density at radius 2 is 2.29 bits per heavy atom. The molecule has 0 unspecified atom stereocenters. The molecule has 0 aromatic heterocycles. The van der Waals surface area contributed by atoms with Crippen molar-refractivity contribution >= 4 is 30.3 Å². The summed E-state index contributed by atoms with van der Waals surface area (Å²) < 4.78 is 5.20. The molecule has 0 spiro atoms. The molecule has 0 saturated heterocycles. The maximum Gasteiger partial charge on any atom is 0.338 e. The van der Waals surface area contributed by atoms with Crippen LogP contribution in [0.3, 0.4) is 0 Å². The van der Waals surface area contributed by atoms with Gasteiger partial charge in [-0.1, -0.05) is 6.07 Å². The second kappa shape index (κ2) is 4.11. The lowest BCUT2D eigenvalue weighted by molar-refractivity contribution is 0.0697. The van der Waals surface area contributed by atoms with E-state index in [0.29, 0.717) is 18.0 Å². The van der Waals surface area contributed by atoms with Crippen molar-refractivity contribution in [2.24, 2.45) is 4.99 Å². The minimum absolute atomic E-state index is 0. The molecule has 0 fully saturated rings. The number of ether oxygens (including phenoxy) is 1. The van der Waals surface area contributed by atoms with Crippen molar-refractivity contribution in [2.75, 3.05) is 6.61 Å². The van der Waals surface area contributed by atoms with Gasteiger partial charge in [-0.3, -0.25) is 4.99 Å². The SMILES string of the molecule is Cl.O=C(O)c1cccc2c1N=CCO2. The molecule has 0 aliphatic carbocycles. The summed E-state index contributed by atoms with van der Waals surface area (Å²) in [5, 5.41) is 8.81. The highest BCUT2D eigenvalue weighted by molar-refractivity contribution is 5.96. The number of hydrogen-bond donors (Lipinski definition) is 1. The number of carboxylic acids is 1. The first-order valence-corrected chi connectivity index (χ1v) is 3.80. The number of carboxylic acid groups (broad SMARTS) is 1. The van der Waals surface area contributed by atoms with Crippen LogP contribution in [0, 0.1) is 0 Å². The van der Waals surface area contributed by atoms with E-state index < -0.39 is 5.97 Å². The molecule has 1 aromatic rings. The monoisotopic (exact) mass is 213 g/mol. The maximum atomic E-state index is 10.7. The van der Waals surface area contributed by atoms with Crippen LogP contribution in [0.4, 0.5) is 5.69 Å². The summed E-state index contributed by atoms with van der Waals surface area (Å²) in [4.78, 5) is 14.7. The quantitative estimate of drug-likeness (QED) is 0.775. The van der Waals surface area contributed by atoms with Crippen LogP contribution in [-0.2, 0) is 0 Å². The van der Waals surface area contributed by atoms with Crippen LogP contribution in [0.15, 0.2) is 23.2 Å². The molecule has 1 aliphatic heterocycles. The minimum atomic E-state index is -0.987. The second-order valence-electron chi connectivity index (χ2n) is 2.58. The molecule has 4 nitrogen and oxygen atoms in total. The smallest absolute Gasteiger partial charge is 0.338 e. The zero-order valence-corrected chi connectivity index (χ0v) is 7.95. The lowest BCUT2D eigenvalue weighted by Gasteiger charge is -2.12. The number of hydrogen-bond acceptors (Lipinski definition) is 3. The number of aliphatic imine (C=N–C) groups is 1. The standard InChI is InChI=1S/C9H7NO3.ClH/c11-9(12)6-2-1-3-7-8(6)10-4-5-13-7;/h1-4H,5H2,(H,11,12);1H. The van der Waals surface area contributed by atoms with E-state index in [4.69, 9.17) is 9.84 Å². The van der Waals surface area contributed by atoms with Gasteiger partial charge in [0.1, 0.15) is 18.0 Å². The first kappa shape index (κ1) is 10.5. The number of rotatable bonds is 1. The highest BCUT2D eigenvalue weighted by Gasteiger charge is 2.15. The summed E-state index contributed by atoms with van der Waals surface area (Å²) in [7, 11) is 0. The van der Waals surface area contributed by atoms with Gasteiger partial charge in [0, 0.05) is 6.21 Å². The van der Waals surface area contributed by atoms with Gasteiger partial charge < -0.3 is 9.84 Å². The molecule has 0 bridgehead atoms. The molecular weight excluding hydrogens is 206 g/mol.